The zero-order valence-corrected chi connectivity index (χ0v) is 23.8. The third-order valence-electron chi connectivity index (χ3n) is 7.23. The summed E-state index contributed by atoms with van der Waals surface area (Å²) in [5.41, 5.74) is 11.2. The second kappa shape index (κ2) is 14.7. The summed E-state index contributed by atoms with van der Waals surface area (Å²) < 4.78 is 14.3. The molecule has 2 N–H and O–H groups in total. The lowest BCUT2D eigenvalue weighted by molar-refractivity contribution is 0.249. The number of nitrogens with zero attached hydrogens (tertiary/aromatic N) is 3. The van der Waals surface area contributed by atoms with Gasteiger partial charge in [-0.25, -0.2) is 4.98 Å². The summed E-state index contributed by atoms with van der Waals surface area (Å²) in [6.07, 6.45) is 3.93. The van der Waals surface area contributed by atoms with Crippen LogP contribution in [0.25, 0.3) is 11.0 Å². The van der Waals surface area contributed by atoms with Crippen LogP contribution in [0, 0.1) is 0 Å². The van der Waals surface area contributed by atoms with Crippen molar-refractivity contribution in [2.45, 2.75) is 65.6 Å². The van der Waals surface area contributed by atoms with Gasteiger partial charge in [-0.05, 0) is 67.7 Å². The molecule has 1 aromatic heterocycles. The van der Waals surface area contributed by atoms with Crippen molar-refractivity contribution in [2.24, 2.45) is 5.73 Å². The lowest BCUT2D eigenvalue weighted by Crippen LogP contribution is -2.25. The smallest absolute Gasteiger partial charge is 0.127 e. The van der Waals surface area contributed by atoms with Gasteiger partial charge in [0.2, 0.25) is 0 Å². The van der Waals surface area contributed by atoms with Crippen molar-refractivity contribution >= 4 is 11.0 Å². The van der Waals surface area contributed by atoms with E-state index in [2.05, 4.69) is 72.7 Å². The fourth-order valence-electron chi connectivity index (χ4n) is 4.88. The molecule has 6 heteroatoms. The third-order valence-corrected chi connectivity index (χ3v) is 7.23. The number of ether oxygens (including phenoxy) is 2. The monoisotopic (exact) mass is 528 g/mol. The van der Waals surface area contributed by atoms with Crippen molar-refractivity contribution in [3.05, 3.63) is 89.7 Å². The van der Waals surface area contributed by atoms with Gasteiger partial charge in [0.05, 0.1) is 23.7 Å². The van der Waals surface area contributed by atoms with E-state index >= 15 is 0 Å². The number of aromatic nitrogens is 2. The highest BCUT2D eigenvalue weighted by Gasteiger charge is 2.18. The predicted molar refractivity (Wildman–Crippen MR) is 160 cm³/mol. The van der Waals surface area contributed by atoms with Gasteiger partial charge in [-0.1, -0.05) is 69.7 Å². The number of benzene rings is 3. The largest absolute Gasteiger partial charge is 0.493 e. The molecule has 0 saturated carbocycles. The molecule has 3 aromatic carbocycles. The highest BCUT2D eigenvalue weighted by Crippen LogP contribution is 2.27. The van der Waals surface area contributed by atoms with Crippen LogP contribution in [0.1, 0.15) is 63.0 Å². The summed E-state index contributed by atoms with van der Waals surface area (Å²) in [6, 6.07) is 24.5. The number of rotatable bonds is 16. The first-order valence-corrected chi connectivity index (χ1v) is 14.5. The molecule has 4 aromatic rings. The second-order valence-electron chi connectivity index (χ2n) is 10.1. The Morgan fingerprint density at radius 3 is 2.31 bits per heavy atom. The van der Waals surface area contributed by atoms with Gasteiger partial charge in [0, 0.05) is 19.2 Å². The van der Waals surface area contributed by atoms with Crippen LogP contribution < -0.4 is 15.2 Å². The van der Waals surface area contributed by atoms with Crippen molar-refractivity contribution in [2.75, 3.05) is 26.2 Å². The van der Waals surface area contributed by atoms with E-state index in [1.54, 1.807) is 0 Å². The molecule has 0 amide bonds. The van der Waals surface area contributed by atoms with E-state index in [4.69, 9.17) is 20.2 Å². The summed E-state index contributed by atoms with van der Waals surface area (Å²) in [5.74, 6) is 2.66. The van der Waals surface area contributed by atoms with Gasteiger partial charge in [-0.3, -0.25) is 0 Å². The average molecular weight is 529 g/mol. The first kappa shape index (κ1) is 28.7. The van der Waals surface area contributed by atoms with Gasteiger partial charge in [0.1, 0.15) is 23.9 Å². The quantitative estimate of drug-likeness (QED) is 0.163. The molecule has 0 aliphatic carbocycles. The standard InChI is InChI=1S/C33H44N4O2/c1-4-7-21-37-32-19-18-29(38-22-11-20-36(5-2)6-3)24-31(32)35-33(37)30(34)23-26-14-16-28(17-15-26)39-25-27-12-9-8-10-13-27/h8-10,12-19,24,30H,4-7,11,20-23,25,34H2,1-3H3/t30-/m1/s1. The van der Waals surface area contributed by atoms with Gasteiger partial charge in [-0.2, -0.15) is 0 Å². The molecule has 1 heterocycles. The van der Waals surface area contributed by atoms with Crippen LogP contribution in [-0.2, 0) is 19.6 Å². The Bertz CT molecular complexity index is 1270. The Hall–Kier alpha value is -3.35. The van der Waals surface area contributed by atoms with Gasteiger partial charge in [0.15, 0.2) is 0 Å². The highest BCUT2D eigenvalue weighted by molar-refractivity contribution is 5.78. The Morgan fingerprint density at radius 1 is 0.846 bits per heavy atom. The van der Waals surface area contributed by atoms with Crippen LogP contribution in [-0.4, -0.2) is 40.7 Å². The minimum Gasteiger partial charge on any atom is -0.493 e. The summed E-state index contributed by atoms with van der Waals surface area (Å²) >= 11 is 0. The fraction of sp³-hybridized carbons (Fsp3) is 0.424. The van der Waals surface area contributed by atoms with E-state index in [-0.39, 0.29) is 6.04 Å². The van der Waals surface area contributed by atoms with Gasteiger partial charge < -0.3 is 24.7 Å². The van der Waals surface area contributed by atoms with E-state index < -0.39 is 0 Å². The number of nitrogens with two attached hydrogens (primary N) is 1. The molecule has 0 saturated heterocycles. The molecule has 0 bridgehead atoms. The molecule has 0 spiro atoms. The molecular formula is C33H44N4O2. The van der Waals surface area contributed by atoms with Gasteiger partial charge in [0.25, 0.3) is 0 Å². The first-order valence-electron chi connectivity index (χ1n) is 14.5. The van der Waals surface area contributed by atoms with E-state index in [9.17, 15) is 0 Å². The molecule has 4 rings (SSSR count). The Labute approximate surface area is 233 Å². The first-order chi connectivity index (χ1) is 19.1. The highest BCUT2D eigenvalue weighted by atomic mass is 16.5. The average Bonchev–Trinajstić information content (AvgIpc) is 3.34. The number of fused-ring (bicyclic) bond motifs is 1. The predicted octanol–water partition coefficient (Wildman–Crippen LogP) is 6.77. The van der Waals surface area contributed by atoms with Crippen LogP contribution in [0.15, 0.2) is 72.8 Å². The minimum absolute atomic E-state index is 0.205. The summed E-state index contributed by atoms with van der Waals surface area (Å²) in [4.78, 5) is 7.43. The molecule has 6 nitrogen and oxygen atoms in total. The zero-order valence-electron chi connectivity index (χ0n) is 23.8. The number of unbranched alkanes of at least 4 members (excludes halogenated alkanes) is 1. The van der Waals surface area contributed by atoms with Crippen LogP contribution in [0.4, 0.5) is 0 Å². The molecule has 0 radical (unpaired) electrons. The van der Waals surface area contributed by atoms with Crippen LogP contribution in [0.5, 0.6) is 11.5 Å². The van der Waals surface area contributed by atoms with Crippen LogP contribution >= 0.6 is 0 Å². The van der Waals surface area contributed by atoms with E-state index in [0.717, 1.165) is 79.4 Å². The summed E-state index contributed by atoms with van der Waals surface area (Å²) in [6.45, 7) is 12.0. The Kier molecular flexibility index (Phi) is 10.8. The Balaban J connectivity index is 1.42. The van der Waals surface area contributed by atoms with E-state index in [1.807, 2.05) is 30.3 Å². The normalized spacial score (nSPS) is 12.2. The Morgan fingerprint density at radius 2 is 1.59 bits per heavy atom. The SMILES string of the molecule is CCCCn1c([C@H](N)Cc2ccc(OCc3ccccc3)cc2)nc2cc(OCCCN(CC)CC)ccc21. The van der Waals surface area contributed by atoms with Crippen molar-refractivity contribution < 1.29 is 9.47 Å². The molecule has 0 aliphatic rings. The summed E-state index contributed by atoms with van der Waals surface area (Å²) in [7, 11) is 0. The molecule has 1 atom stereocenters. The number of aryl methyl sites for hydroxylation is 1. The zero-order chi connectivity index (χ0) is 27.5. The molecular weight excluding hydrogens is 484 g/mol. The van der Waals surface area contributed by atoms with E-state index in [0.29, 0.717) is 19.6 Å². The van der Waals surface area contributed by atoms with Gasteiger partial charge >= 0.3 is 0 Å². The summed E-state index contributed by atoms with van der Waals surface area (Å²) in [5, 5.41) is 0. The maximum absolute atomic E-state index is 6.78. The molecule has 0 fully saturated rings. The maximum Gasteiger partial charge on any atom is 0.127 e. The fourth-order valence-corrected chi connectivity index (χ4v) is 4.88. The molecule has 0 unspecified atom stereocenters. The minimum atomic E-state index is -0.205. The van der Waals surface area contributed by atoms with Crippen molar-refractivity contribution in [1.29, 1.82) is 0 Å². The van der Waals surface area contributed by atoms with Crippen molar-refractivity contribution in [3.8, 4) is 11.5 Å². The van der Waals surface area contributed by atoms with Crippen LogP contribution in [0.2, 0.25) is 0 Å². The van der Waals surface area contributed by atoms with Crippen molar-refractivity contribution in [3.63, 3.8) is 0 Å². The number of hydrogen-bond acceptors (Lipinski definition) is 5. The molecule has 0 aliphatic heterocycles. The molecule has 208 valence electrons. The number of imidazole rings is 1. The van der Waals surface area contributed by atoms with Gasteiger partial charge in [-0.15, -0.1) is 0 Å². The van der Waals surface area contributed by atoms with Crippen molar-refractivity contribution in [1.82, 2.24) is 14.5 Å². The number of hydrogen-bond donors (Lipinski definition) is 1. The topological polar surface area (TPSA) is 65.5 Å². The third kappa shape index (κ3) is 8.07. The molecule has 39 heavy (non-hydrogen) atoms. The lowest BCUT2D eigenvalue weighted by atomic mass is 10.1. The lowest BCUT2D eigenvalue weighted by Gasteiger charge is -2.17. The van der Waals surface area contributed by atoms with Crippen LogP contribution in [0.3, 0.4) is 0 Å². The second-order valence-corrected chi connectivity index (χ2v) is 10.1. The maximum atomic E-state index is 6.78. The van der Waals surface area contributed by atoms with E-state index in [1.165, 1.54) is 5.56 Å².